The third kappa shape index (κ3) is 2.71. The molecule has 0 unspecified atom stereocenters. The molecule has 4 rings (SSSR count). The van der Waals surface area contributed by atoms with Gasteiger partial charge in [0.05, 0.1) is 24.6 Å². The molecule has 1 aromatic carbocycles. The summed E-state index contributed by atoms with van der Waals surface area (Å²) in [5.74, 6) is -0.738. The van der Waals surface area contributed by atoms with Gasteiger partial charge in [0, 0.05) is 17.3 Å². The highest BCUT2D eigenvalue weighted by atomic mass is 19.3. The van der Waals surface area contributed by atoms with E-state index in [1.54, 1.807) is 19.1 Å². The first-order chi connectivity index (χ1) is 12.9. The fraction of sp³-hybridized carbons (Fsp3) is 0.222. The first-order valence-electron chi connectivity index (χ1n) is 8.06. The summed E-state index contributed by atoms with van der Waals surface area (Å²) in [6.07, 6.45) is -2.28. The number of hydrogen-bond acceptors (Lipinski definition) is 6. The van der Waals surface area contributed by atoms with Gasteiger partial charge in [0.15, 0.2) is 11.5 Å². The van der Waals surface area contributed by atoms with E-state index < -0.39 is 12.3 Å². The summed E-state index contributed by atoms with van der Waals surface area (Å²) in [6, 6.07) is 6.16. The van der Waals surface area contributed by atoms with Gasteiger partial charge >= 0.3 is 12.3 Å². The number of pyridine rings is 1. The smallest absolute Gasteiger partial charge is 0.481 e. The molecule has 0 saturated carbocycles. The molecule has 0 spiro atoms. The molecule has 9 heteroatoms. The van der Waals surface area contributed by atoms with Gasteiger partial charge < -0.3 is 23.9 Å². The number of carbonyl (C=O) groups is 1. The SMILES string of the molecule is CCOC(=O)c1[nH]c2ccc3c(c2c1-c1cccnc1OC)OC(F)(F)O3. The Morgan fingerprint density at radius 1 is 1.30 bits per heavy atom. The molecular formula is C18H14F2N2O5. The van der Waals surface area contributed by atoms with E-state index in [1.165, 1.54) is 25.4 Å². The normalized spacial score (nSPS) is 14.4. The quantitative estimate of drug-likeness (QED) is 0.699. The number of benzene rings is 1. The Kier molecular flexibility index (Phi) is 3.87. The number of nitrogens with one attached hydrogen (secondary N) is 1. The van der Waals surface area contributed by atoms with Gasteiger partial charge in [-0.15, -0.1) is 8.78 Å². The average molecular weight is 376 g/mol. The molecule has 1 aliphatic heterocycles. The van der Waals surface area contributed by atoms with Gasteiger partial charge in [0.1, 0.15) is 5.69 Å². The summed E-state index contributed by atoms with van der Waals surface area (Å²) in [5, 5.41) is 0.249. The van der Waals surface area contributed by atoms with E-state index in [0.29, 0.717) is 11.1 Å². The molecule has 7 nitrogen and oxygen atoms in total. The Morgan fingerprint density at radius 2 is 2.11 bits per heavy atom. The molecule has 27 heavy (non-hydrogen) atoms. The van der Waals surface area contributed by atoms with Crippen molar-refractivity contribution in [3.05, 3.63) is 36.2 Å². The van der Waals surface area contributed by atoms with Crippen LogP contribution in [0.15, 0.2) is 30.5 Å². The summed E-state index contributed by atoms with van der Waals surface area (Å²) in [7, 11) is 1.42. The summed E-state index contributed by atoms with van der Waals surface area (Å²) in [4.78, 5) is 19.5. The van der Waals surface area contributed by atoms with Gasteiger partial charge in [-0.05, 0) is 31.2 Å². The molecule has 1 aliphatic rings. The maximum Gasteiger partial charge on any atom is 0.586 e. The molecule has 0 bridgehead atoms. The van der Waals surface area contributed by atoms with E-state index in [0.717, 1.165) is 0 Å². The molecule has 2 aromatic heterocycles. The minimum atomic E-state index is -3.80. The van der Waals surface area contributed by atoms with Crippen molar-refractivity contribution in [3.63, 3.8) is 0 Å². The fourth-order valence-corrected chi connectivity index (χ4v) is 3.06. The minimum absolute atomic E-state index is 0.0744. The highest BCUT2D eigenvalue weighted by molar-refractivity contribution is 6.11. The first-order valence-corrected chi connectivity index (χ1v) is 8.06. The summed E-state index contributed by atoms with van der Waals surface area (Å²) >= 11 is 0. The van der Waals surface area contributed by atoms with Crippen molar-refractivity contribution in [3.8, 4) is 28.5 Å². The van der Waals surface area contributed by atoms with Crippen LogP contribution in [0.5, 0.6) is 17.4 Å². The Balaban J connectivity index is 2.06. The van der Waals surface area contributed by atoms with Crippen LogP contribution >= 0.6 is 0 Å². The largest absolute Gasteiger partial charge is 0.586 e. The Labute approximate surface area is 151 Å². The number of methoxy groups -OCH3 is 1. The zero-order chi connectivity index (χ0) is 19.2. The van der Waals surface area contributed by atoms with Gasteiger partial charge in [-0.2, -0.15) is 0 Å². The highest BCUT2D eigenvalue weighted by Crippen LogP contribution is 2.50. The monoisotopic (exact) mass is 376 g/mol. The van der Waals surface area contributed by atoms with Crippen LogP contribution in [0.2, 0.25) is 0 Å². The maximum absolute atomic E-state index is 13.6. The van der Waals surface area contributed by atoms with Crippen molar-refractivity contribution in [2.24, 2.45) is 0 Å². The molecule has 0 fully saturated rings. The van der Waals surface area contributed by atoms with Crippen molar-refractivity contribution in [1.29, 1.82) is 0 Å². The van der Waals surface area contributed by atoms with Gasteiger partial charge in [-0.25, -0.2) is 9.78 Å². The number of aromatic nitrogens is 2. The number of esters is 1. The predicted octanol–water partition coefficient (Wildman–Crippen LogP) is 3.74. The van der Waals surface area contributed by atoms with Crippen LogP contribution in [-0.4, -0.2) is 35.9 Å². The number of carbonyl (C=O) groups excluding carboxylic acids is 1. The number of halogens is 2. The number of ether oxygens (including phenoxy) is 4. The van der Waals surface area contributed by atoms with Crippen molar-refractivity contribution in [1.82, 2.24) is 9.97 Å². The average Bonchev–Trinajstić information content (AvgIpc) is 3.17. The topological polar surface area (TPSA) is 82.7 Å². The molecule has 0 aliphatic carbocycles. The van der Waals surface area contributed by atoms with E-state index in [9.17, 15) is 13.6 Å². The molecular weight excluding hydrogens is 362 g/mol. The van der Waals surface area contributed by atoms with Gasteiger partial charge in [-0.3, -0.25) is 0 Å². The number of alkyl halides is 2. The van der Waals surface area contributed by atoms with Crippen LogP contribution in [0.25, 0.3) is 22.0 Å². The minimum Gasteiger partial charge on any atom is -0.481 e. The molecule has 1 N–H and O–H groups in total. The number of aromatic amines is 1. The van der Waals surface area contributed by atoms with E-state index >= 15 is 0 Å². The molecule has 0 radical (unpaired) electrons. The van der Waals surface area contributed by atoms with Crippen LogP contribution in [0.4, 0.5) is 8.78 Å². The predicted molar refractivity (Wildman–Crippen MR) is 90.2 cm³/mol. The lowest BCUT2D eigenvalue weighted by Gasteiger charge is -2.10. The summed E-state index contributed by atoms with van der Waals surface area (Å²) in [6.45, 7) is 1.81. The summed E-state index contributed by atoms with van der Waals surface area (Å²) < 4.78 is 46.9. The molecule has 0 atom stereocenters. The van der Waals surface area contributed by atoms with E-state index in [-0.39, 0.29) is 40.6 Å². The molecule has 3 aromatic rings. The van der Waals surface area contributed by atoms with Crippen LogP contribution in [0, 0.1) is 0 Å². The standard InChI is InChI=1S/C18H14F2N2O5/c1-3-25-17(23)14-12(9-5-4-8-21-16(9)24-2)13-10(22-14)6-7-11-15(13)27-18(19,20)26-11/h4-8,22H,3H2,1-2H3. The van der Waals surface area contributed by atoms with Crippen LogP contribution < -0.4 is 14.2 Å². The Bertz CT molecular complexity index is 1050. The highest BCUT2D eigenvalue weighted by Gasteiger charge is 2.45. The lowest BCUT2D eigenvalue weighted by Crippen LogP contribution is -2.26. The second-order valence-corrected chi connectivity index (χ2v) is 5.64. The van der Waals surface area contributed by atoms with Crippen molar-refractivity contribution < 1.29 is 32.5 Å². The van der Waals surface area contributed by atoms with Gasteiger partial charge in [0.2, 0.25) is 5.88 Å². The number of H-pyrrole nitrogens is 1. The van der Waals surface area contributed by atoms with E-state index in [1.807, 2.05) is 0 Å². The number of hydrogen-bond donors (Lipinski definition) is 1. The van der Waals surface area contributed by atoms with Crippen molar-refractivity contribution in [2.45, 2.75) is 13.2 Å². The summed E-state index contributed by atoms with van der Waals surface area (Å²) in [5.41, 5.74) is 1.18. The third-order valence-corrected chi connectivity index (χ3v) is 4.04. The maximum atomic E-state index is 13.6. The molecule has 3 heterocycles. The van der Waals surface area contributed by atoms with Crippen LogP contribution in [-0.2, 0) is 4.74 Å². The number of fused-ring (bicyclic) bond motifs is 3. The molecule has 0 saturated heterocycles. The van der Waals surface area contributed by atoms with Gasteiger partial charge in [-0.1, -0.05) is 0 Å². The van der Waals surface area contributed by atoms with E-state index in [2.05, 4.69) is 14.7 Å². The zero-order valence-electron chi connectivity index (χ0n) is 14.3. The number of rotatable bonds is 4. The second kappa shape index (κ2) is 6.11. The zero-order valence-corrected chi connectivity index (χ0v) is 14.3. The lowest BCUT2D eigenvalue weighted by molar-refractivity contribution is -0.286. The van der Waals surface area contributed by atoms with Gasteiger partial charge in [0.25, 0.3) is 0 Å². The molecule has 0 amide bonds. The lowest BCUT2D eigenvalue weighted by atomic mass is 10.0. The number of nitrogens with zero attached hydrogens (tertiary/aromatic N) is 1. The van der Waals surface area contributed by atoms with E-state index in [4.69, 9.17) is 14.2 Å². The fourth-order valence-electron chi connectivity index (χ4n) is 3.06. The third-order valence-electron chi connectivity index (χ3n) is 4.04. The van der Waals surface area contributed by atoms with Crippen molar-refractivity contribution >= 4 is 16.9 Å². The Morgan fingerprint density at radius 3 is 2.85 bits per heavy atom. The first kappa shape index (κ1) is 17.1. The van der Waals surface area contributed by atoms with Crippen LogP contribution in [0.3, 0.4) is 0 Å². The van der Waals surface area contributed by atoms with Crippen LogP contribution in [0.1, 0.15) is 17.4 Å². The Hall–Kier alpha value is -3.36. The van der Waals surface area contributed by atoms with Crippen molar-refractivity contribution in [2.75, 3.05) is 13.7 Å². The second-order valence-electron chi connectivity index (χ2n) is 5.64. The molecule has 140 valence electrons.